The zero-order valence-corrected chi connectivity index (χ0v) is 8.23. The standard InChI is InChI=1S/C10H13N3O/c1-10-5-4-8(14)6-7(10)2-3-9(10)12-13-11/h6,9H,2-5H2,1H3. The molecular weight excluding hydrogens is 178 g/mol. The number of fused-ring (bicyclic) bond motifs is 1. The van der Waals surface area contributed by atoms with Gasteiger partial charge in [0.15, 0.2) is 5.78 Å². The van der Waals surface area contributed by atoms with Gasteiger partial charge in [-0.25, -0.2) is 0 Å². The van der Waals surface area contributed by atoms with Crippen LogP contribution < -0.4 is 0 Å². The van der Waals surface area contributed by atoms with E-state index in [9.17, 15) is 4.79 Å². The monoisotopic (exact) mass is 191 g/mol. The van der Waals surface area contributed by atoms with Gasteiger partial charge in [0.2, 0.25) is 0 Å². The molecule has 0 saturated heterocycles. The fourth-order valence-corrected chi connectivity index (χ4v) is 2.57. The van der Waals surface area contributed by atoms with Gasteiger partial charge in [-0.05, 0) is 36.3 Å². The number of nitrogens with zero attached hydrogens (tertiary/aromatic N) is 3. The number of carbonyl (C=O) groups excluding carboxylic acids is 1. The summed E-state index contributed by atoms with van der Waals surface area (Å²) in [6, 6.07) is 0.0480. The lowest BCUT2D eigenvalue weighted by Gasteiger charge is -2.32. The molecule has 0 aromatic heterocycles. The summed E-state index contributed by atoms with van der Waals surface area (Å²) >= 11 is 0. The number of ketones is 1. The lowest BCUT2D eigenvalue weighted by molar-refractivity contribution is -0.115. The molecule has 0 heterocycles. The first kappa shape index (κ1) is 9.28. The minimum Gasteiger partial charge on any atom is -0.295 e. The molecule has 2 aliphatic rings. The van der Waals surface area contributed by atoms with E-state index in [4.69, 9.17) is 5.53 Å². The quantitative estimate of drug-likeness (QED) is 0.357. The van der Waals surface area contributed by atoms with E-state index in [0.29, 0.717) is 6.42 Å². The highest BCUT2D eigenvalue weighted by atomic mass is 16.1. The summed E-state index contributed by atoms with van der Waals surface area (Å²) in [4.78, 5) is 14.1. The molecule has 0 aromatic rings. The average molecular weight is 191 g/mol. The third-order valence-electron chi connectivity index (χ3n) is 3.57. The van der Waals surface area contributed by atoms with Crippen LogP contribution in [0.3, 0.4) is 0 Å². The third kappa shape index (κ3) is 1.23. The predicted octanol–water partition coefficient (Wildman–Crippen LogP) is 2.75. The third-order valence-corrected chi connectivity index (χ3v) is 3.57. The molecule has 0 aliphatic heterocycles. The Morgan fingerprint density at radius 1 is 1.64 bits per heavy atom. The molecule has 0 bridgehead atoms. The molecule has 2 unspecified atom stereocenters. The summed E-state index contributed by atoms with van der Waals surface area (Å²) in [7, 11) is 0. The Labute approximate surface area is 82.6 Å². The van der Waals surface area contributed by atoms with E-state index in [0.717, 1.165) is 19.3 Å². The zero-order chi connectivity index (χ0) is 10.2. The topological polar surface area (TPSA) is 65.8 Å². The number of hydrogen-bond donors (Lipinski definition) is 0. The van der Waals surface area contributed by atoms with Crippen LogP contribution >= 0.6 is 0 Å². The lowest BCUT2D eigenvalue weighted by Crippen LogP contribution is -2.30. The smallest absolute Gasteiger partial charge is 0.155 e. The predicted molar refractivity (Wildman–Crippen MR) is 52.6 cm³/mol. The van der Waals surface area contributed by atoms with Gasteiger partial charge in [-0.1, -0.05) is 17.6 Å². The second kappa shape index (κ2) is 3.14. The molecule has 0 spiro atoms. The molecule has 1 saturated carbocycles. The van der Waals surface area contributed by atoms with Crippen LogP contribution in [-0.4, -0.2) is 11.8 Å². The van der Waals surface area contributed by atoms with Crippen LogP contribution in [-0.2, 0) is 4.79 Å². The van der Waals surface area contributed by atoms with E-state index >= 15 is 0 Å². The molecule has 0 radical (unpaired) electrons. The summed E-state index contributed by atoms with van der Waals surface area (Å²) in [6.45, 7) is 2.11. The maximum atomic E-state index is 11.2. The van der Waals surface area contributed by atoms with Crippen molar-refractivity contribution in [3.63, 3.8) is 0 Å². The van der Waals surface area contributed by atoms with Gasteiger partial charge in [-0.15, -0.1) is 0 Å². The van der Waals surface area contributed by atoms with E-state index in [1.807, 2.05) is 0 Å². The maximum absolute atomic E-state index is 11.2. The molecule has 4 nitrogen and oxygen atoms in total. The highest BCUT2D eigenvalue weighted by Gasteiger charge is 2.44. The number of hydrogen-bond acceptors (Lipinski definition) is 2. The van der Waals surface area contributed by atoms with Crippen molar-refractivity contribution in [3.8, 4) is 0 Å². The van der Waals surface area contributed by atoms with E-state index in [1.165, 1.54) is 5.57 Å². The maximum Gasteiger partial charge on any atom is 0.155 e. The number of allylic oxidation sites excluding steroid dienone is 1. The van der Waals surface area contributed by atoms with Crippen molar-refractivity contribution < 1.29 is 4.79 Å². The van der Waals surface area contributed by atoms with Gasteiger partial charge in [0.05, 0.1) is 0 Å². The van der Waals surface area contributed by atoms with Crippen molar-refractivity contribution in [2.24, 2.45) is 10.5 Å². The van der Waals surface area contributed by atoms with Crippen LogP contribution in [0.1, 0.15) is 32.6 Å². The first-order chi connectivity index (χ1) is 6.66. The molecule has 0 N–H and O–H groups in total. The van der Waals surface area contributed by atoms with Crippen molar-refractivity contribution >= 4 is 5.78 Å². The Morgan fingerprint density at radius 3 is 3.14 bits per heavy atom. The van der Waals surface area contributed by atoms with E-state index in [2.05, 4.69) is 16.9 Å². The van der Waals surface area contributed by atoms with Gasteiger partial charge in [-0.2, -0.15) is 0 Å². The average Bonchev–Trinajstić information content (AvgIpc) is 2.46. The highest BCUT2D eigenvalue weighted by molar-refractivity contribution is 5.91. The molecule has 14 heavy (non-hydrogen) atoms. The minimum absolute atomic E-state index is 0.0415. The van der Waals surface area contributed by atoms with Gasteiger partial charge < -0.3 is 0 Å². The largest absolute Gasteiger partial charge is 0.295 e. The summed E-state index contributed by atoms with van der Waals surface area (Å²) in [5.41, 5.74) is 9.60. The SMILES string of the molecule is CC12CCC(=O)C=C1CCC2N=[N+]=[N-]. The zero-order valence-electron chi connectivity index (χ0n) is 8.23. The Morgan fingerprint density at radius 2 is 2.43 bits per heavy atom. The summed E-state index contributed by atoms with van der Waals surface area (Å²) in [6.07, 6.45) is 4.99. The van der Waals surface area contributed by atoms with Crippen LogP contribution in [0.2, 0.25) is 0 Å². The van der Waals surface area contributed by atoms with Gasteiger partial charge in [0.25, 0.3) is 0 Å². The summed E-state index contributed by atoms with van der Waals surface area (Å²) in [5.74, 6) is 0.221. The fourth-order valence-electron chi connectivity index (χ4n) is 2.57. The normalized spacial score (nSPS) is 35.9. The Hall–Kier alpha value is -1.28. The van der Waals surface area contributed by atoms with Gasteiger partial charge >= 0.3 is 0 Å². The van der Waals surface area contributed by atoms with Gasteiger partial charge in [0, 0.05) is 17.4 Å². The van der Waals surface area contributed by atoms with Gasteiger partial charge in [-0.3, -0.25) is 4.79 Å². The van der Waals surface area contributed by atoms with E-state index < -0.39 is 0 Å². The summed E-state index contributed by atoms with van der Waals surface area (Å²) in [5, 5.41) is 3.83. The molecule has 74 valence electrons. The van der Waals surface area contributed by atoms with Crippen LogP contribution in [0.4, 0.5) is 0 Å². The lowest BCUT2D eigenvalue weighted by atomic mass is 9.73. The molecule has 0 aromatic carbocycles. The van der Waals surface area contributed by atoms with Crippen LogP contribution in [0.5, 0.6) is 0 Å². The van der Waals surface area contributed by atoms with Crippen LogP contribution in [0.15, 0.2) is 16.8 Å². The second-order valence-corrected chi connectivity index (χ2v) is 4.31. The Bertz CT molecular complexity index is 354. The molecule has 2 rings (SSSR count). The Balaban J connectivity index is 2.36. The van der Waals surface area contributed by atoms with Crippen molar-refractivity contribution in [1.82, 2.24) is 0 Å². The van der Waals surface area contributed by atoms with E-state index in [1.54, 1.807) is 6.08 Å². The number of azide groups is 1. The highest BCUT2D eigenvalue weighted by Crippen LogP contribution is 2.49. The first-order valence-electron chi connectivity index (χ1n) is 4.95. The minimum atomic E-state index is -0.0415. The van der Waals surface area contributed by atoms with Crippen molar-refractivity contribution in [2.75, 3.05) is 0 Å². The molecule has 1 fully saturated rings. The number of carbonyl (C=O) groups is 1. The molecule has 2 atom stereocenters. The fraction of sp³-hybridized carbons (Fsp3) is 0.700. The van der Waals surface area contributed by atoms with Crippen LogP contribution in [0, 0.1) is 5.41 Å². The number of rotatable bonds is 1. The second-order valence-electron chi connectivity index (χ2n) is 4.31. The molecular formula is C10H13N3O. The van der Waals surface area contributed by atoms with E-state index in [-0.39, 0.29) is 17.2 Å². The molecule has 0 amide bonds. The van der Waals surface area contributed by atoms with Gasteiger partial charge in [0.1, 0.15) is 0 Å². The Kier molecular flexibility index (Phi) is 2.08. The molecule has 4 heteroatoms. The molecule has 2 aliphatic carbocycles. The van der Waals surface area contributed by atoms with Crippen molar-refractivity contribution in [3.05, 3.63) is 22.1 Å². The van der Waals surface area contributed by atoms with Crippen molar-refractivity contribution in [1.29, 1.82) is 0 Å². The first-order valence-corrected chi connectivity index (χ1v) is 4.95. The summed E-state index contributed by atoms with van der Waals surface area (Å²) < 4.78 is 0. The van der Waals surface area contributed by atoms with Crippen LogP contribution in [0.25, 0.3) is 10.4 Å². The van der Waals surface area contributed by atoms with Crippen molar-refractivity contribution in [2.45, 2.75) is 38.6 Å².